The van der Waals surface area contributed by atoms with Gasteiger partial charge in [-0.1, -0.05) is 17.7 Å². The van der Waals surface area contributed by atoms with E-state index in [1.54, 1.807) is 31.2 Å². The summed E-state index contributed by atoms with van der Waals surface area (Å²) < 4.78 is 10.6. The fourth-order valence-corrected chi connectivity index (χ4v) is 2.60. The Morgan fingerprint density at radius 2 is 1.89 bits per heavy atom. The molecule has 0 aliphatic heterocycles. The number of nitrogens with one attached hydrogen (secondary N) is 1. The first-order chi connectivity index (χ1) is 13.5. The first-order valence-electron chi connectivity index (χ1n) is 9.01. The molecule has 0 aliphatic rings. The van der Waals surface area contributed by atoms with Crippen LogP contribution in [-0.2, 0) is 16.0 Å². The number of esters is 1. The standard InChI is InChI=1S/C21H21N3O4/c1-3-27-21(26)15-7-9-17(10-8-15)22-18(25)11-12-19-23-24-20(28-19)16-6-4-5-14(2)13-16/h4-10,13H,3,11-12H2,1-2H3,(H,22,25). The molecule has 28 heavy (non-hydrogen) atoms. The Balaban J connectivity index is 1.53. The summed E-state index contributed by atoms with van der Waals surface area (Å²) in [5.41, 5.74) is 2.99. The average molecular weight is 379 g/mol. The van der Waals surface area contributed by atoms with Gasteiger partial charge in [-0.2, -0.15) is 0 Å². The Hall–Kier alpha value is -3.48. The molecule has 0 aliphatic carbocycles. The van der Waals surface area contributed by atoms with Gasteiger partial charge in [-0.3, -0.25) is 4.79 Å². The minimum Gasteiger partial charge on any atom is -0.462 e. The summed E-state index contributed by atoms with van der Waals surface area (Å²) in [7, 11) is 0. The molecule has 1 amide bonds. The molecule has 1 aromatic heterocycles. The molecule has 7 heteroatoms. The molecule has 3 rings (SSSR count). The van der Waals surface area contributed by atoms with E-state index in [0.29, 0.717) is 36.1 Å². The lowest BCUT2D eigenvalue weighted by Crippen LogP contribution is -2.12. The molecular weight excluding hydrogens is 358 g/mol. The smallest absolute Gasteiger partial charge is 0.338 e. The second-order valence-corrected chi connectivity index (χ2v) is 6.22. The van der Waals surface area contributed by atoms with E-state index in [9.17, 15) is 9.59 Å². The molecule has 0 bridgehead atoms. The highest BCUT2D eigenvalue weighted by Gasteiger charge is 2.11. The molecule has 2 aromatic carbocycles. The summed E-state index contributed by atoms with van der Waals surface area (Å²) in [6.45, 7) is 4.06. The second kappa shape index (κ2) is 8.94. The van der Waals surface area contributed by atoms with Crippen LogP contribution in [0.4, 0.5) is 5.69 Å². The van der Waals surface area contributed by atoms with E-state index >= 15 is 0 Å². The molecule has 144 valence electrons. The normalized spacial score (nSPS) is 10.5. The third kappa shape index (κ3) is 5.03. The summed E-state index contributed by atoms with van der Waals surface area (Å²) >= 11 is 0. The zero-order valence-corrected chi connectivity index (χ0v) is 15.8. The maximum absolute atomic E-state index is 12.1. The van der Waals surface area contributed by atoms with Gasteiger partial charge in [-0.05, 0) is 50.2 Å². The van der Waals surface area contributed by atoms with Crippen LogP contribution in [-0.4, -0.2) is 28.7 Å². The number of benzene rings is 2. The van der Waals surface area contributed by atoms with Crippen molar-refractivity contribution in [2.24, 2.45) is 0 Å². The lowest BCUT2D eigenvalue weighted by atomic mass is 10.1. The van der Waals surface area contributed by atoms with Crippen LogP contribution in [0.15, 0.2) is 52.9 Å². The van der Waals surface area contributed by atoms with Gasteiger partial charge in [0.05, 0.1) is 12.2 Å². The molecule has 1 N–H and O–H groups in total. The molecule has 3 aromatic rings. The van der Waals surface area contributed by atoms with Gasteiger partial charge in [-0.25, -0.2) is 4.79 Å². The van der Waals surface area contributed by atoms with Gasteiger partial charge in [0.1, 0.15) is 0 Å². The highest BCUT2D eigenvalue weighted by Crippen LogP contribution is 2.19. The van der Waals surface area contributed by atoms with Crippen LogP contribution in [0.5, 0.6) is 0 Å². The quantitative estimate of drug-likeness (QED) is 0.628. The van der Waals surface area contributed by atoms with E-state index in [1.165, 1.54) is 0 Å². The Morgan fingerprint density at radius 1 is 1.11 bits per heavy atom. The van der Waals surface area contributed by atoms with Crippen LogP contribution in [0.25, 0.3) is 11.5 Å². The van der Waals surface area contributed by atoms with Crippen molar-refractivity contribution in [1.82, 2.24) is 10.2 Å². The summed E-state index contributed by atoms with van der Waals surface area (Å²) in [6.07, 6.45) is 0.542. The molecular formula is C21H21N3O4. The maximum Gasteiger partial charge on any atom is 0.338 e. The number of hydrogen-bond donors (Lipinski definition) is 1. The predicted molar refractivity (Wildman–Crippen MR) is 104 cm³/mol. The number of anilines is 1. The number of hydrogen-bond acceptors (Lipinski definition) is 6. The fraction of sp³-hybridized carbons (Fsp3) is 0.238. The lowest BCUT2D eigenvalue weighted by Gasteiger charge is -2.06. The van der Waals surface area contributed by atoms with Gasteiger partial charge in [-0.15, -0.1) is 10.2 Å². The van der Waals surface area contributed by atoms with Crippen molar-refractivity contribution in [2.45, 2.75) is 26.7 Å². The highest BCUT2D eigenvalue weighted by molar-refractivity contribution is 5.93. The van der Waals surface area contributed by atoms with Crippen molar-refractivity contribution in [3.05, 3.63) is 65.5 Å². The molecule has 0 unspecified atom stereocenters. The number of amides is 1. The van der Waals surface area contributed by atoms with Gasteiger partial charge < -0.3 is 14.5 Å². The van der Waals surface area contributed by atoms with Crippen LogP contribution in [0.1, 0.15) is 35.2 Å². The van der Waals surface area contributed by atoms with E-state index < -0.39 is 0 Å². The molecule has 0 spiro atoms. The van der Waals surface area contributed by atoms with E-state index in [-0.39, 0.29) is 18.3 Å². The zero-order valence-electron chi connectivity index (χ0n) is 15.8. The minimum absolute atomic E-state index is 0.181. The van der Waals surface area contributed by atoms with E-state index in [0.717, 1.165) is 11.1 Å². The monoisotopic (exact) mass is 379 g/mol. The van der Waals surface area contributed by atoms with Gasteiger partial charge >= 0.3 is 5.97 Å². The van der Waals surface area contributed by atoms with Crippen molar-refractivity contribution in [3.8, 4) is 11.5 Å². The minimum atomic E-state index is -0.388. The van der Waals surface area contributed by atoms with Crippen molar-refractivity contribution in [1.29, 1.82) is 0 Å². The van der Waals surface area contributed by atoms with Crippen LogP contribution < -0.4 is 5.32 Å². The summed E-state index contributed by atoms with van der Waals surface area (Å²) in [5.74, 6) is 0.276. The van der Waals surface area contributed by atoms with Crippen molar-refractivity contribution in [2.75, 3.05) is 11.9 Å². The molecule has 1 heterocycles. The van der Waals surface area contributed by atoms with Crippen molar-refractivity contribution >= 4 is 17.6 Å². The SMILES string of the molecule is CCOC(=O)c1ccc(NC(=O)CCc2nnc(-c3cccc(C)c3)o2)cc1. The van der Waals surface area contributed by atoms with E-state index in [2.05, 4.69) is 15.5 Å². The van der Waals surface area contributed by atoms with E-state index in [4.69, 9.17) is 9.15 Å². The number of rotatable bonds is 7. The number of carbonyl (C=O) groups excluding carboxylic acids is 2. The van der Waals surface area contributed by atoms with Crippen LogP contribution >= 0.6 is 0 Å². The van der Waals surface area contributed by atoms with E-state index in [1.807, 2.05) is 31.2 Å². The van der Waals surface area contributed by atoms with Crippen molar-refractivity contribution < 1.29 is 18.7 Å². The first kappa shape index (κ1) is 19.3. The maximum atomic E-state index is 12.1. The molecule has 0 saturated carbocycles. The van der Waals surface area contributed by atoms with Gasteiger partial charge in [0.25, 0.3) is 0 Å². The van der Waals surface area contributed by atoms with Crippen molar-refractivity contribution in [3.63, 3.8) is 0 Å². The summed E-state index contributed by atoms with van der Waals surface area (Å²) in [5, 5.41) is 10.8. The summed E-state index contributed by atoms with van der Waals surface area (Å²) in [6, 6.07) is 14.3. The van der Waals surface area contributed by atoms with Crippen LogP contribution in [0, 0.1) is 6.92 Å². The Kier molecular flexibility index (Phi) is 6.16. The number of nitrogens with zero attached hydrogens (tertiary/aromatic N) is 2. The highest BCUT2D eigenvalue weighted by atomic mass is 16.5. The molecule has 0 radical (unpaired) electrons. The molecule has 7 nitrogen and oxygen atoms in total. The zero-order chi connectivity index (χ0) is 19.9. The third-order valence-corrected chi connectivity index (χ3v) is 3.98. The van der Waals surface area contributed by atoms with Crippen LogP contribution in [0.2, 0.25) is 0 Å². The average Bonchev–Trinajstić information content (AvgIpc) is 3.16. The number of aryl methyl sites for hydroxylation is 2. The van der Waals surface area contributed by atoms with Crippen LogP contribution in [0.3, 0.4) is 0 Å². The first-order valence-corrected chi connectivity index (χ1v) is 9.01. The predicted octanol–water partition coefficient (Wildman–Crippen LogP) is 3.79. The summed E-state index contributed by atoms with van der Waals surface area (Å²) in [4.78, 5) is 23.8. The van der Waals surface area contributed by atoms with Gasteiger partial charge in [0, 0.05) is 24.1 Å². The number of aromatic nitrogens is 2. The molecule has 0 fully saturated rings. The van der Waals surface area contributed by atoms with Gasteiger partial charge in [0.2, 0.25) is 17.7 Å². The third-order valence-electron chi connectivity index (χ3n) is 3.98. The number of carbonyl (C=O) groups is 2. The second-order valence-electron chi connectivity index (χ2n) is 6.22. The van der Waals surface area contributed by atoms with Gasteiger partial charge in [0.15, 0.2) is 0 Å². The largest absolute Gasteiger partial charge is 0.462 e. The Labute approximate surface area is 162 Å². The Morgan fingerprint density at radius 3 is 2.61 bits per heavy atom. The molecule has 0 atom stereocenters. The topological polar surface area (TPSA) is 94.3 Å². The molecule has 0 saturated heterocycles. The number of ether oxygens (including phenoxy) is 1. The fourth-order valence-electron chi connectivity index (χ4n) is 2.60. The Bertz CT molecular complexity index is 964. The lowest BCUT2D eigenvalue weighted by molar-refractivity contribution is -0.116.